The van der Waals surface area contributed by atoms with Crippen LogP contribution in [0, 0.1) is 0 Å². The van der Waals surface area contributed by atoms with Gasteiger partial charge in [-0.25, -0.2) is 4.98 Å². The average Bonchev–Trinajstić information content (AvgIpc) is 2.66. The predicted molar refractivity (Wildman–Crippen MR) is 62.5 cm³/mol. The van der Waals surface area contributed by atoms with Crippen molar-refractivity contribution in [1.29, 1.82) is 0 Å². The summed E-state index contributed by atoms with van der Waals surface area (Å²) in [6, 6.07) is 0. The van der Waals surface area contributed by atoms with Crippen LogP contribution >= 0.6 is 11.3 Å². The summed E-state index contributed by atoms with van der Waals surface area (Å²) in [5.74, 6) is -0.125. The van der Waals surface area contributed by atoms with Gasteiger partial charge < -0.3 is 15.2 Å². The molecule has 1 amide bonds. The molecule has 0 aliphatic heterocycles. The highest BCUT2D eigenvalue weighted by atomic mass is 32.1. The maximum Gasteiger partial charge on any atom is 0.228 e. The molecule has 0 fully saturated rings. The number of thiazole rings is 1. The number of carbonyl (C=O) groups is 1. The summed E-state index contributed by atoms with van der Waals surface area (Å²) in [5, 5.41) is 14.1. The second kappa shape index (κ2) is 6.57. The lowest BCUT2D eigenvalue weighted by atomic mass is 10.3. The van der Waals surface area contributed by atoms with E-state index in [9.17, 15) is 9.90 Å². The number of aliphatic hydroxyl groups is 1. The number of hydrogen-bond donors (Lipinski definition) is 2. The summed E-state index contributed by atoms with van der Waals surface area (Å²) in [5.41, 5.74) is 0.574. The summed E-state index contributed by atoms with van der Waals surface area (Å²) >= 11 is 1.30. The van der Waals surface area contributed by atoms with Crippen LogP contribution in [-0.4, -0.2) is 29.2 Å². The Labute approximate surface area is 98.5 Å². The van der Waals surface area contributed by atoms with E-state index in [2.05, 4.69) is 10.3 Å². The molecule has 1 unspecified atom stereocenters. The Morgan fingerprint density at radius 3 is 3.06 bits per heavy atom. The molecule has 0 saturated carbocycles. The fraction of sp³-hybridized carbons (Fsp3) is 0.600. The molecule has 0 spiro atoms. The van der Waals surface area contributed by atoms with Gasteiger partial charge in [0, 0.05) is 12.0 Å². The zero-order chi connectivity index (χ0) is 12.0. The maximum atomic E-state index is 11.4. The van der Waals surface area contributed by atoms with E-state index < -0.39 is 6.10 Å². The molecule has 1 aromatic heterocycles. The molecule has 0 bridgehead atoms. The van der Waals surface area contributed by atoms with Gasteiger partial charge >= 0.3 is 0 Å². The number of aliphatic hydroxyl groups excluding tert-OH is 1. The van der Waals surface area contributed by atoms with Gasteiger partial charge in [0.1, 0.15) is 0 Å². The summed E-state index contributed by atoms with van der Waals surface area (Å²) < 4.78 is 5.07. The Bertz CT molecular complexity index is 339. The van der Waals surface area contributed by atoms with Crippen molar-refractivity contribution < 1.29 is 14.6 Å². The van der Waals surface area contributed by atoms with Crippen LogP contribution in [0.4, 0.5) is 5.13 Å². The zero-order valence-electron chi connectivity index (χ0n) is 9.40. The number of nitrogens with one attached hydrogen (secondary N) is 1. The van der Waals surface area contributed by atoms with Crippen LogP contribution in [0.3, 0.4) is 0 Å². The lowest BCUT2D eigenvalue weighted by molar-refractivity contribution is -0.117. The highest BCUT2D eigenvalue weighted by molar-refractivity contribution is 7.13. The van der Waals surface area contributed by atoms with Crippen molar-refractivity contribution in [2.24, 2.45) is 0 Å². The Morgan fingerprint density at radius 2 is 2.50 bits per heavy atom. The van der Waals surface area contributed by atoms with Crippen molar-refractivity contribution in [3.05, 3.63) is 11.1 Å². The van der Waals surface area contributed by atoms with Gasteiger partial charge in [0.05, 0.1) is 24.8 Å². The van der Waals surface area contributed by atoms with Gasteiger partial charge in [-0.15, -0.1) is 11.3 Å². The van der Waals surface area contributed by atoms with Crippen LogP contribution in [0.25, 0.3) is 0 Å². The molecule has 0 aliphatic carbocycles. The van der Waals surface area contributed by atoms with Crippen LogP contribution in [0.2, 0.25) is 0 Å². The molecule has 16 heavy (non-hydrogen) atoms. The molecule has 0 aliphatic rings. The highest BCUT2D eigenvalue weighted by Crippen LogP contribution is 2.20. The lowest BCUT2D eigenvalue weighted by Gasteiger charge is -2.01. The number of anilines is 1. The fourth-order valence-corrected chi connectivity index (χ4v) is 1.84. The van der Waals surface area contributed by atoms with E-state index in [1.54, 1.807) is 12.3 Å². The van der Waals surface area contributed by atoms with Gasteiger partial charge in [-0.05, 0) is 13.8 Å². The normalized spacial score (nSPS) is 12.4. The Kier molecular flexibility index (Phi) is 5.37. The largest absolute Gasteiger partial charge is 0.387 e. The van der Waals surface area contributed by atoms with Gasteiger partial charge in [-0.3, -0.25) is 4.79 Å². The molecule has 90 valence electrons. The molecule has 2 N–H and O–H groups in total. The molecule has 1 rings (SSSR count). The lowest BCUT2D eigenvalue weighted by Crippen LogP contribution is -2.14. The quantitative estimate of drug-likeness (QED) is 0.745. The zero-order valence-corrected chi connectivity index (χ0v) is 10.2. The third-order valence-corrected chi connectivity index (χ3v) is 2.65. The molecule has 5 nitrogen and oxygen atoms in total. The molecular formula is C10H16N2O3S. The van der Waals surface area contributed by atoms with Crippen molar-refractivity contribution in [3.63, 3.8) is 0 Å². The number of ether oxygens (including phenoxy) is 1. The Hall–Kier alpha value is -0.980. The highest BCUT2D eigenvalue weighted by Gasteiger charge is 2.09. The first-order valence-corrected chi connectivity index (χ1v) is 6.02. The third kappa shape index (κ3) is 4.26. The Balaban J connectivity index is 2.37. The van der Waals surface area contributed by atoms with Gasteiger partial charge in [0.15, 0.2) is 5.13 Å². The molecular weight excluding hydrogens is 228 g/mol. The van der Waals surface area contributed by atoms with Crippen molar-refractivity contribution in [2.45, 2.75) is 26.4 Å². The molecule has 1 heterocycles. The van der Waals surface area contributed by atoms with Gasteiger partial charge in [0.2, 0.25) is 5.91 Å². The second-order valence-corrected chi connectivity index (χ2v) is 4.11. The van der Waals surface area contributed by atoms with Crippen molar-refractivity contribution in [3.8, 4) is 0 Å². The standard InChI is InChI=1S/C10H16N2O3S/c1-3-15-5-4-9(14)12-10-11-8(6-16-10)7(2)13/h6-7,13H,3-5H2,1-2H3,(H,11,12,14). The third-order valence-electron chi connectivity index (χ3n) is 1.87. The van der Waals surface area contributed by atoms with E-state index in [1.165, 1.54) is 11.3 Å². The summed E-state index contributed by atoms with van der Waals surface area (Å²) in [6.45, 7) is 4.54. The minimum Gasteiger partial charge on any atom is -0.387 e. The minimum atomic E-state index is -0.606. The van der Waals surface area contributed by atoms with E-state index >= 15 is 0 Å². The number of rotatable bonds is 6. The first-order chi connectivity index (χ1) is 7.63. The van der Waals surface area contributed by atoms with E-state index in [0.29, 0.717) is 30.5 Å². The second-order valence-electron chi connectivity index (χ2n) is 3.25. The van der Waals surface area contributed by atoms with E-state index in [0.717, 1.165) is 0 Å². The summed E-state index contributed by atoms with van der Waals surface area (Å²) in [6.07, 6.45) is -0.289. The number of hydrogen-bond acceptors (Lipinski definition) is 5. The van der Waals surface area contributed by atoms with Crippen LogP contribution in [0.15, 0.2) is 5.38 Å². The van der Waals surface area contributed by atoms with Crippen molar-refractivity contribution >= 4 is 22.4 Å². The predicted octanol–water partition coefficient (Wildman–Crippen LogP) is 1.56. The minimum absolute atomic E-state index is 0.125. The molecule has 0 saturated heterocycles. The maximum absolute atomic E-state index is 11.4. The molecule has 0 radical (unpaired) electrons. The van der Waals surface area contributed by atoms with E-state index in [-0.39, 0.29) is 5.91 Å². The monoisotopic (exact) mass is 244 g/mol. The fourth-order valence-electron chi connectivity index (χ4n) is 1.03. The smallest absolute Gasteiger partial charge is 0.228 e. The van der Waals surface area contributed by atoms with E-state index in [1.807, 2.05) is 6.92 Å². The van der Waals surface area contributed by atoms with Crippen molar-refractivity contribution in [1.82, 2.24) is 4.98 Å². The number of amides is 1. The van der Waals surface area contributed by atoms with Crippen LogP contribution in [0.1, 0.15) is 32.1 Å². The first kappa shape index (κ1) is 13.1. The Morgan fingerprint density at radius 1 is 1.75 bits per heavy atom. The van der Waals surface area contributed by atoms with Crippen molar-refractivity contribution in [2.75, 3.05) is 18.5 Å². The number of carbonyl (C=O) groups excluding carboxylic acids is 1. The van der Waals surface area contributed by atoms with Crippen LogP contribution < -0.4 is 5.32 Å². The topological polar surface area (TPSA) is 71.5 Å². The SMILES string of the molecule is CCOCCC(=O)Nc1nc(C(C)O)cs1. The van der Waals surface area contributed by atoms with Crippen LogP contribution in [0.5, 0.6) is 0 Å². The van der Waals surface area contributed by atoms with Gasteiger partial charge in [-0.2, -0.15) is 0 Å². The molecule has 0 aromatic carbocycles. The summed E-state index contributed by atoms with van der Waals surface area (Å²) in [4.78, 5) is 15.5. The number of nitrogens with zero attached hydrogens (tertiary/aromatic N) is 1. The van der Waals surface area contributed by atoms with E-state index in [4.69, 9.17) is 4.74 Å². The van der Waals surface area contributed by atoms with Crippen LogP contribution in [-0.2, 0) is 9.53 Å². The molecule has 1 atom stereocenters. The number of aromatic nitrogens is 1. The molecule has 6 heteroatoms. The first-order valence-electron chi connectivity index (χ1n) is 5.14. The van der Waals surface area contributed by atoms with Gasteiger partial charge in [-0.1, -0.05) is 0 Å². The van der Waals surface area contributed by atoms with Gasteiger partial charge in [0.25, 0.3) is 0 Å². The average molecular weight is 244 g/mol. The molecule has 1 aromatic rings. The summed E-state index contributed by atoms with van der Waals surface area (Å²) in [7, 11) is 0.